The number of hydrogen-bond donors (Lipinski definition) is 0. The van der Waals surface area contributed by atoms with Gasteiger partial charge in [-0.1, -0.05) is 91.4 Å². The third-order valence-electron chi connectivity index (χ3n) is 7.04. The molecule has 1 aliphatic rings. The van der Waals surface area contributed by atoms with E-state index in [1.165, 1.54) is 73.8 Å². The van der Waals surface area contributed by atoms with Crippen LogP contribution in [-0.2, 0) is 12.8 Å². The van der Waals surface area contributed by atoms with Gasteiger partial charge in [0, 0.05) is 0 Å². The highest BCUT2D eigenvalue weighted by atomic mass is 35.5. The van der Waals surface area contributed by atoms with Gasteiger partial charge in [-0.2, -0.15) is 0 Å². The molecule has 3 aromatic rings. The maximum absolute atomic E-state index is 13.7. The van der Waals surface area contributed by atoms with Crippen molar-refractivity contribution in [3.63, 3.8) is 0 Å². The molecular formula is C29H31ClF2. The van der Waals surface area contributed by atoms with Crippen LogP contribution in [0, 0.1) is 30.4 Å². The number of rotatable bonds is 7. The number of benzene rings is 3. The highest BCUT2D eigenvalue weighted by Crippen LogP contribution is 2.34. The minimum Gasteiger partial charge on any atom is -0.205 e. The van der Waals surface area contributed by atoms with Crippen LogP contribution in [0.2, 0.25) is 5.02 Å². The van der Waals surface area contributed by atoms with Crippen molar-refractivity contribution in [1.82, 2.24) is 0 Å². The molecule has 3 heteroatoms. The van der Waals surface area contributed by atoms with Crippen LogP contribution in [0.4, 0.5) is 8.78 Å². The molecule has 0 unspecified atom stereocenters. The molecule has 0 amide bonds. The fourth-order valence-electron chi connectivity index (χ4n) is 4.89. The molecule has 0 heterocycles. The largest absolute Gasteiger partial charge is 0.205 e. The Labute approximate surface area is 195 Å². The van der Waals surface area contributed by atoms with Gasteiger partial charge in [-0.15, -0.1) is 0 Å². The summed E-state index contributed by atoms with van der Waals surface area (Å²) in [7, 11) is 0. The Hall–Kier alpha value is -2.19. The SMILES string of the molecule is Cc1ccc(CC[C@H]2CC[C@H](CCc3ccc(-c4cc(F)c(Cl)c(F)c4)cc3)CC2)cc1. The van der Waals surface area contributed by atoms with Crippen molar-refractivity contribution >= 4 is 11.6 Å². The Bertz CT molecular complexity index is 993. The summed E-state index contributed by atoms with van der Waals surface area (Å²) in [6, 6.07) is 19.6. The van der Waals surface area contributed by atoms with Crippen LogP contribution in [-0.4, -0.2) is 0 Å². The second-order valence-electron chi connectivity index (χ2n) is 9.40. The van der Waals surface area contributed by atoms with Gasteiger partial charge < -0.3 is 0 Å². The van der Waals surface area contributed by atoms with E-state index < -0.39 is 16.7 Å². The molecule has 168 valence electrons. The van der Waals surface area contributed by atoms with Gasteiger partial charge in [0.25, 0.3) is 0 Å². The molecule has 0 saturated heterocycles. The zero-order chi connectivity index (χ0) is 22.5. The van der Waals surface area contributed by atoms with E-state index in [0.717, 1.165) is 23.8 Å². The normalized spacial score (nSPS) is 18.6. The number of aryl methyl sites for hydroxylation is 3. The molecule has 1 fully saturated rings. The molecule has 0 nitrogen and oxygen atoms in total. The summed E-state index contributed by atoms with van der Waals surface area (Å²) >= 11 is 5.59. The van der Waals surface area contributed by atoms with Gasteiger partial charge in [-0.25, -0.2) is 8.78 Å². The molecule has 0 atom stereocenters. The fraction of sp³-hybridized carbons (Fsp3) is 0.379. The summed E-state index contributed by atoms with van der Waals surface area (Å²) in [6.45, 7) is 2.14. The first-order chi connectivity index (χ1) is 15.5. The first kappa shape index (κ1) is 23.0. The van der Waals surface area contributed by atoms with Gasteiger partial charge in [-0.05, 0) is 78.8 Å². The molecule has 0 N–H and O–H groups in total. The third kappa shape index (κ3) is 5.98. The predicted molar refractivity (Wildman–Crippen MR) is 130 cm³/mol. The third-order valence-corrected chi connectivity index (χ3v) is 7.40. The van der Waals surface area contributed by atoms with Crippen LogP contribution in [0.25, 0.3) is 11.1 Å². The number of halogens is 3. The average molecular weight is 453 g/mol. The van der Waals surface area contributed by atoms with Gasteiger partial charge in [0.15, 0.2) is 0 Å². The molecule has 0 aliphatic heterocycles. The second-order valence-corrected chi connectivity index (χ2v) is 9.78. The summed E-state index contributed by atoms with van der Waals surface area (Å²) in [5.74, 6) is 0.234. The molecule has 0 radical (unpaired) electrons. The lowest BCUT2D eigenvalue weighted by Crippen LogP contribution is -2.15. The van der Waals surface area contributed by atoms with Crippen LogP contribution < -0.4 is 0 Å². The maximum Gasteiger partial charge on any atom is 0.145 e. The molecule has 0 spiro atoms. The van der Waals surface area contributed by atoms with Crippen molar-refractivity contribution in [1.29, 1.82) is 0 Å². The molecule has 32 heavy (non-hydrogen) atoms. The predicted octanol–water partition coefficient (Wildman–Crippen LogP) is 8.97. The molecule has 1 saturated carbocycles. The summed E-state index contributed by atoms with van der Waals surface area (Å²) in [5.41, 5.74) is 5.39. The first-order valence-electron chi connectivity index (χ1n) is 11.8. The second kappa shape index (κ2) is 10.6. The van der Waals surface area contributed by atoms with E-state index in [0.29, 0.717) is 5.56 Å². The monoisotopic (exact) mass is 452 g/mol. The molecule has 4 rings (SSSR count). The van der Waals surface area contributed by atoms with Gasteiger partial charge in [0.1, 0.15) is 16.7 Å². The van der Waals surface area contributed by atoms with E-state index in [-0.39, 0.29) is 0 Å². The Morgan fingerprint density at radius 1 is 0.688 bits per heavy atom. The Kier molecular flexibility index (Phi) is 7.63. The minimum absolute atomic E-state index is 0.449. The van der Waals surface area contributed by atoms with E-state index in [1.54, 1.807) is 0 Å². The van der Waals surface area contributed by atoms with Crippen LogP contribution in [0.1, 0.15) is 55.2 Å². The number of hydrogen-bond acceptors (Lipinski definition) is 0. The molecule has 1 aliphatic carbocycles. The van der Waals surface area contributed by atoms with Gasteiger partial charge >= 0.3 is 0 Å². The standard InChI is InChI=1S/C29H31ClF2/c1-20-2-4-21(5-3-20)6-7-22-8-10-23(11-9-22)12-13-24-14-16-25(17-15-24)26-18-27(31)29(30)28(32)19-26/h2-5,14-19,22-23H,6-13H2,1H3/t22-,23-. The van der Waals surface area contributed by atoms with Crippen LogP contribution in [0.15, 0.2) is 60.7 Å². The van der Waals surface area contributed by atoms with Gasteiger partial charge in [0.2, 0.25) is 0 Å². The van der Waals surface area contributed by atoms with Crippen molar-refractivity contribution in [3.8, 4) is 11.1 Å². The lowest BCUT2D eigenvalue weighted by Gasteiger charge is -2.28. The molecule has 0 bridgehead atoms. The van der Waals surface area contributed by atoms with E-state index in [9.17, 15) is 8.78 Å². The lowest BCUT2D eigenvalue weighted by atomic mass is 9.77. The fourth-order valence-corrected chi connectivity index (χ4v) is 5.00. The van der Waals surface area contributed by atoms with Crippen LogP contribution in [0.5, 0.6) is 0 Å². The van der Waals surface area contributed by atoms with E-state index >= 15 is 0 Å². The van der Waals surface area contributed by atoms with Crippen LogP contribution in [0.3, 0.4) is 0 Å². The van der Waals surface area contributed by atoms with Crippen molar-refractivity contribution in [2.24, 2.45) is 11.8 Å². The topological polar surface area (TPSA) is 0 Å². The van der Waals surface area contributed by atoms with E-state index in [1.807, 2.05) is 12.1 Å². The van der Waals surface area contributed by atoms with Crippen molar-refractivity contribution in [2.45, 2.75) is 58.3 Å². The quantitative estimate of drug-likeness (QED) is 0.314. The first-order valence-corrected chi connectivity index (χ1v) is 12.1. The summed E-state index contributed by atoms with van der Waals surface area (Å²) in [5, 5.41) is -0.449. The highest BCUT2D eigenvalue weighted by molar-refractivity contribution is 6.31. The average Bonchev–Trinajstić information content (AvgIpc) is 2.81. The zero-order valence-corrected chi connectivity index (χ0v) is 19.5. The van der Waals surface area contributed by atoms with Crippen LogP contribution >= 0.6 is 11.6 Å². The minimum atomic E-state index is -0.722. The summed E-state index contributed by atoms with van der Waals surface area (Å²) in [4.78, 5) is 0. The zero-order valence-electron chi connectivity index (χ0n) is 18.7. The Balaban J connectivity index is 1.22. The Morgan fingerprint density at radius 2 is 1.12 bits per heavy atom. The van der Waals surface area contributed by atoms with Crippen molar-refractivity contribution in [2.75, 3.05) is 0 Å². The lowest BCUT2D eigenvalue weighted by molar-refractivity contribution is 0.253. The van der Waals surface area contributed by atoms with Gasteiger partial charge in [-0.3, -0.25) is 0 Å². The maximum atomic E-state index is 13.7. The van der Waals surface area contributed by atoms with Gasteiger partial charge in [0.05, 0.1) is 0 Å². The molecule has 3 aromatic carbocycles. The summed E-state index contributed by atoms with van der Waals surface area (Å²) in [6.07, 6.45) is 10.1. The molecular weight excluding hydrogens is 422 g/mol. The summed E-state index contributed by atoms with van der Waals surface area (Å²) < 4.78 is 27.5. The van der Waals surface area contributed by atoms with Crippen molar-refractivity contribution < 1.29 is 8.78 Å². The van der Waals surface area contributed by atoms with E-state index in [2.05, 4.69) is 43.3 Å². The smallest absolute Gasteiger partial charge is 0.145 e. The van der Waals surface area contributed by atoms with Crippen molar-refractivity contribution in [3.05, 3.63) is 94.0 Å². The highest BCUT2D eigenvalue weighted by Gasteiger charge is 2.21. The molecule has 0 aromatic heterocycles. The Morgan fingerprint density at radius 3 is 1.59 bits per heavy atom. The van der Waals surface area contributed by atoms with E-state index in [4.69, 9.17) is 11.6 Å².